The second kappa shape index (κ2) is 10.9. The molecule has 4 rings (SSSR count). The van der Waals surface area contributed by atoms with Crippen LogP contribution >= 0.6 is 0 Å². The molecule has 1 saturated heterocycles. The number of fused-ring (bicyclic) bond motifs is 1. The number of amides is 5. The standard InChI is InChI=1S/C24H25BN4O10/c1-2-28-8-9-29(22(34)21(28)33)24(37)27-18(15-11-13(30)6-7-16(15)31)20(32)26-17-10-12-4-3-5-14(23(35)36)19(12)39-25(17)38/h3-7,11,17-18,30-31,38H,2,8-10H2,1H3,(H,26,32)(H,27,37)(H,35,36)/t17-,18?/m0/s1. The molecule has 6 N–H and O–H groups in total. The second-order valence-electron chi connectivity index (χ2n) is 8.89. The van der Waals surface area contributed by atoms with Crippen LogP contribution in [0, 0.1) is 0 Å². The van der Waals surface area contributed by atoms with Crippen molar-refractivity contribution in [2.75, 3.05) is 19.6 Å². The Morgan fingerprint density at radius 1 is 1.13 bits per heavy atom. The van der Waals surface area contributed by atoms with E-state index in [1.807, 2.05) is 0 Å². The highest BCUT2D eigenvalue weighted by molar-refractivity contribution is 6.47. The maximum absolute atomic E-state index is 13.4. The van der Waals surface area contributed by atoms with Crippen molar-refractivity contribution in [2.45, 2.75) is 25.3 Å². The molecule has 14 nitrogen and oxygen atoms in total. The molecule has 0 aliphatic carbocycles. The summed E-state index contributed by atoms with van der Waals surface area (Å²) in [4.78, 5) is 64.6. The van der Waals surface area contributed by atoms with E-state index in [0.717, 1.165) is 18.2 Å². The Hall–Kier alpha value is -4.79. The second-order valence-corrected chi connectivity index (χ2v) is 8.89. The largest absolute Gasteiger partial charge is 0.547 e. The molecular weight excluding hydrogens is 515 g/mol. The Morgan fingerprint density at radius 2 is 1.87 bits per heavy atom. The van der Waals surface area contributed by atoms with Crippen molar-refractivity contribution < 1.29 is 49.0 Å². The van der Waals surface area contributed by atoms with Crippen LogP contribution in [0.25, 0.3) is 0 Å². The number of aromatic hydroxyl groups is 2. The summed E-state index contributed by atoms with van der Waals surface area (Å²) in [6, 6.07) is 4.84. The molecule has 0 spiro atoms. The van der Waals surface area contributed by atoms with Gasteiger partial charge < -0.3 is 40.5 Å². The summed E-state index contributed by atoms with van der Waals surface area (Å²) >= 11 is 0. The van der Waals surface area contributed by atoms with E-state index in [1.165, 1.54) is 17.0 Å². The molecule has 15 heteroatoms. The molecule has 2 aromatic carbocycles. The number of carboxylic acids is 1. The molecular formula is C24H25BN4O10. The zero-order valence-corrected chi connectivity index (χ0v) is 20.7. The van der Waals surface area contributed by atoms with E-state index in [-0.39, 0.29) is 48.7 Å². The van der Waals surface area contributed by atoms with E-state index >= 15 is 0 Å². The number of benzene rings is 2. The molecule has 39 heavy (non-hydrogen) atoms. The minimum atomic E-state index is -1.68. The van der Waals surface area contributed by atoms with Crippen molar-refractivity contribution in [2.24, 2.45) is 0 Å². The molecule has 2 heterocycles. The van der Waals surface area contributed by atoms with Crippen LogP contribution in [0.4, 0.5) is 4.79 Å². The number of phenolic OH excluding ortho intramolecular Hbond substituents is 2. The number of rotatable bonds is 6. The maximum Gasteiger partial charge on any atom is 0.547 e. The van der Waals surface area contributed by atoms with E-state index in [9.17, 15) is 44.3 Å². The summed E-state index contributed by atoms with van der Waals surface area (Å²) in [6.07, 6.45) is -0.0397. The zero-order chi connectivity index (χ0) is 28.4. The van der Waals surface area contributed by atoms with Crippen LogP contribution in [-0.2, 0) is 20.8 Å². The third-order valence-corrected chi connectivity index (χ3v) is 6.47. The number of carboxylic acid groups (broad SMARTS) is 1. The number of urea groups is 1. The normalized spacial score (nSPS) is 17.7. The molecule has 0 aromatic heterocycles. The van der Waals surface area contributed by atoms with Gasteiger partial charge in [0.2, 0.25) is 5.91 Å². The number of piperazine rings is 1. The fourth-order valence-corrected chi connectivity index (χ4v) is 4.41. The molecule has 204 valence electrons. The highest BCUT2D eigenvalue weighted by Gasteiger charge is 2.41. The third-order valence-electron chi connectivity index (χ3n) is 6.47. The Balaban J connectivity index is 1.59. The van der Waals surface area contributed by atoms with E-state index in [4.69, 9.17) is 4.65 Å². The Morgan fingerprint density at radius 3 is 2.56 bits per heavy atom. The smallest absolute Gasteiger partial charge is 0.534 e. The van der Waals surface area contributed by atoms with Crippen molar-refractivity contribution in [3.05, 3.63) is 53.1 Å². The molecule has 2 aliphatic heterocycles. The first-order valence-electron chi connectivity index (χ1n) is 11.9. The molecule has 0 bridgehead atoms. The van der Waals surface area contributed by atoms with Gasteiger partial charge in [-0.15, -0.1) is 0 Å². The average molecular weight is 540 g/mol. The predicted molar refractivity (Wildman–Crippen MR) is 133 cm³/mol. The number of nitrogens with one attached hydrogen (secondary N) is 2. The number of hydrogen-bond donors (Lipinski definition) is 6. The number of hydrogen-bond acceptors (Lipinski definition) is 9. The topological polar surface area (TPSA) is 206 Å². The average Bonchev–Trinajstić information content (AvgIpc) is 2.90. The fraction of sp³-hybridized carbons (Fsp3) is 0.292. The minimum absolute atomic E-state index is 0.0397. The van der Waals surface area contributed by atoms with Gasteiger partial charge in [0.1, 0.15) is 23.3 Å². The fourth-order valence-electron chi connectivity index (χ4n) is 4.41. The number of carbonyl (C=O) groups is 5. The Kier molecular flexibility index (Phi) is 7.62. The van der Waals surface area contributed by atoms with Gasteiger partial charge in [0, 0.05) is 25.2 Å². The lowest BCUT2D eigenvalue weighted by Crippen LogP contribution is -2.60. The van der Waals surface area contributed by atoms with Gasteiger partial charge >= 0.3 is 30.9 Å². The molecule has 2 atom stereocenters. The summed E-state index contributed by atoms with van der Waals surface area (Å²) in [5, 5.41) is 45.1. The van der Waals surface area contributed by atoms with Gasteiger partial charge in [0.25, 0.3) is 0 Å². The monoisotopic (exact) mass is 540 g/mol. The van der Waals surface area contributed by atoms with Crippen LogP contribution in [0.15, 0.2) is 36.4 Å². The van der Waals surface area contributed by atoms with Gasteiger partial charge in [0.15, 0.2) is 0 Å². The van der Waals surface area contributed by atoms with Crippen molar-refractivity contribution in [3.63, 3.8) is 0 Å². The Labute approximate surface area is 221 Å². The van der Waals surface area contributed by atoms with E-state index < -0.39 is 54.6 Å². The summed E-state index contributed by atoms with van der Waals surface area (Å²) in [5.74, 6) is -6.17. The lowest BCUT2D eigenvalue weighted by Gasteiger charge is -2.33. The predicted octanol–water partition coefficient (Wildman–Crippen LogP) is -0.623. The van der Waals surface area contributed by atoms with Crippen molar-refractivity contribution in [1.29, 1.82) is 0 Å². The first-order valence-corrected chi connectivity index (χ1v) is 11.9. The van der Waals surface area contributed by atoms with Gasteiger partial charge in [-0.1, -0.05) is 12.1 Å². The first kappa shape index (κ1) is 27.3. The molecule has 1 unspecified atom stereocenters. The maximum atomic E-state index is 13.4. The van der Waals surface area contributed by atoms with E-state index in [1.54, 1.807) is 13.0 Å². The number of imide groups is 1. The molecule has 2 aromatic rings. The summed E-state index contributed by atoms with van der Waals surface area (Å²) in [7, 11) is -1.67. The SMILES string of the molecule is CCN1CCN(C(=O)NC(C(=O)N[C@H]2Cc3cccc(C(=O)O)c3OB2O)c2cc(O)ccc2O)C(=O)C1=O. The number of likely N-dealkylation sites (N-methyl/N-ethyl adjacent to an activating group) is 1. The lowest BCUT2D eigenvalue weighted by molar-refractivity contribution is -0.153. The van der Waals surface area contributed by atoms with Gasteiger partial charge in [-0.05, 0) is 43.2 Å². The number of phenols is 2. The van der Waals surface area contributed by atoms with Crippen molar-refractivity contribution in [1.82, 2.24) is 20.4 Å². The molecule has 2 aliphatic rings. The van der Waals surface area contributed by atoms with Crippen LogP contribution < -0.4 is 15.3 Å². The first-order chi connectivity index (χ1) is 18.5. The van der Waals surface area contributed by atoms with Crippen molar-refractivity contribution >= 4 is 36.8 Å². The van der Waals surface area contributed by atoms with Gasteiger partial charge in [-0.3, -0.25) is 19.3 Å². The summed E-state index contributed by atoms with van der Waals surface area (Å²) in [6.45, 7) is 1.90. The number of carbonyl (C=O) groups excluding carboxylic acids is 4. The summed E-state index contributed by atoms with van der Waals surface area (Å²) < 4.78 is 5.38. The quantitative estimate of drug-likeness (QED) is 0.156. The van der Waals surface area contributed by atoms with Crippen LogP contribution in [0.3, 0.4) is 0 Å². The van der Waals surface area contributed by atoms with Gasteiger partial charge in [-0.25, -0.2) is 9.59 Å². The molecule has 5 amide bonds. The number of nitrogens with zero attached hydrogens (tertiary/aromatic N) is 2. The van der Waals surface area contributed by atoms with Crippen LogP contribution in [0.1, 0.15) is 34.5 Å². The highest BCUT2D eigenvalue weighted by atomic mass is 16.5. The van der Waals surface area contributed by atoms with Gasteiger partial charge in [-0.2, -0.15) is 0 Å². The zero-order valence-electron chi connectivity index (χ0n) is 20.7. The van der Waals surface area contributed by atoms with Crippen molar-refractivity contribution in [3.8, 4) is 17.2 Å². The number of para-hydroxylation sites is 1. The Bertz CT molecular complexity index is 1350. The minimum Gasteiger partial charge on any atom is -0.534 e. The van der Waals surface area contributed by atoms with Crippen LogP contribution in [0.5, 0.6) is 17.2 Å². The van der Waals surface area contributed by atoms with Crippen LogP contribution in [0.2, 0.25) is 0 Å². The number of aromatic carboxylic acids is 1. The van der Waals surface area contributed by atoms with Crippen LogP contribution in [-0.4, -0.2) is 92.6 Å². The lowest BCUT2D eigenvalue weighted by atomic mass is 9.72. The van der Waals surface area contributed by atoms with E-state index in [2.05, 4.69) is 10.6 Å². The summed E-state index contributed by atoms with van der Waals surface area (Å²) in [5.41, 5.74) is -0.00988. The highest BCUT2D eigenvalue weighted by Crippen LogP contribution is 2.32. The molecule has 0 radical (unpaired) electrons. The van der Waals surface area contributed by atoms with E-state index in [0.29, 0.717) is 10.5 Å². The third kappa shape index (κ3) is 5.43. The molecule has 0 saturated carbocycles. The molecule has 1 fully saturated rings. The van der Waals surface area contributed by atoms with Gasteiger partial charge in [0.05, 0.1) is 11.5 Å².